The maximum absolute atomic E-state index is 4.35. The van der Waals surface area contributed by atoms with Gasteiger partial charge in [0, 0.05) is 11.8 Å². The molecule has 0 aromatic heterocycles. The van der Waals surface area contributed by atoms with Gasteiger partial charge in [-0.1, -0.05) is 25.6 Å². The Morgan fingerprint density at radius 1 is 1.64 bits per heavy atom. The molecule has 1 saturated carbocycles. The first-order chi connectivity index (χ1) is 5.18. The predicted molar refractivity (Wildman–Crippen MR) is 50.1 cm³/mol. The van der Waals surface area contributed by atoms with E-state index in [4.69, 9.17) is 0 Å². The molecule has 0 aromatic rings. The van der Waals surface area contributed by atoms with Gasteiger partial charge >= 0.3 is 0 Å². The highest BCUT2D eigenvalue weighted by Gasteiger charge is 2.46. The van der Waals surface area contributed by atoms with Crippen molar-refractivity contribution in [2.24, 2.45) is 10.4 Å². The fraction of sp³-hybridized carbons (Fsp3) is 0.875. The highest BCUT2D eigenvalue weighted by atomic mass is 32.2. The third-order valence-electron chi connectivity index (χ3n) is 2.40. The van der Waals surface area contributed by atoms with Gasteiger partial charge < -0.3 is 5.32 Å². The first-order valence-corrected chi connectivity index (χ1v) is 5.11. The van der Waals surface area contributed by atoms with Crippen molar-refractivity contribution in [1.82, 2.24) is 5.32 Å². The Balaban J connectivity index is 1.83. The van der Waals surface area contributed by atoms with Crippen LogP contribution in [0.1, 0.15) is 20.3 Å². The molecule has 1 aliphatic carbocycles. The number of hydrogen-bond donors (Lipinski definition) is 1. The van der Waals surface area contributed by atoms with Gasteiger partial charge in [-0.25, -0.2) is 0 Å². The third-order valence-corrected chi connectivity index (χ3v) is 3.30. The molecule has 1 N–H and O–H groups in total. The molecule has 11 heavy (non-hydrogen) atoms. The summed E-state index contributed by atoms with van der Waals surface area (Å²) in [5.74, 6) is 1.16. The van der Waals surface area contributed by atoms with Crippen molar-refractivity contribution < 1.29 is 0 Å². The van der Waals surface area contributed by atoms with Crippen LogP contribution < -0.4 is 5.32 Å². The van der Waals surface area contributed by atoms with Crippen molar-refractivity contribution >= 4 is 16.9 Å². The van der Waals surface area contributed by atoms with Gasteiger partial charge in [0.1, 0.15) is 0 Å². The van der Waals surface area contributed by atoms with E-state index in [1.54, 1.807) is 0 Å². The summed E-state index contributed by atoms with van der Waals surface area (Å²) in [6, 6.07) is 0.687. The SMILES string of the molecule is CC1(C)CC1NC1=NCCS1. The predicted octanol–water partition coefficient (Wildman–Crippen LogP) is 1.48. The minimum absolute atomic E-state index is 0.520. The van der Waals surface area contributed by atoms with E-state index >= 15 is 0 Å². The quantitative estimate of drug-likeness (QED) is 0.644. The smallest absolute Gasteiger partial charge is 0.156 e. The summed E-state index contributed by atoms with van der Waals surface area (Å²) in [7, 11) is 0. The summed E-state index contributed by atoms with van der Waals surface area (Å²) in [5.41, 5.74) is 0.520. The zero-order valence-corrected chi connectivity index (χ0v) is 7.87. The molecule has 0 radical (unpaired) electrons. The van der Waals surface area contributed by atoms with Crippen LogP contribution in [0.2, 0.25) is 0 Å². The molecule has 0 aromatic carbocycles. The van der Waals surface area contributed by atoms with E-state index in [9.17, 15) is 0 Å². The molecule has 0 saturated heterocycles. The van der Waals surface area contributed by atoms with Crippen LogP contribution in [0.15, 0.2) is 4.99 Å². The summed E-state index contributed by atoms with van der Waals surface area (Å²) < 4.78 is 0. The number of amidine groups is 1. The molecule has 1 atom stereocenters. The second-order valence-electron chi connectivity index (χ2n) is 3.92. The van der Waals surface area contributed by atoms with Gasteiger partial charge in [-0.15, -0.1) is 0 Å². The average Bonchev–Trinajstić information content (AvgIpc) is 2.42. The Bertz CT molecular complexity index is 198. The van der Waals surface area contributed by atoms with Crippen LogP contribution in [-0.4, -0.2) is 23.5 Å². The summed E-state index contributed by atoms with van der Waals surface area (Å²) in [4.78, 5) is 4.35. The minimum atomic E-state index is 0.520. The van der Waals surface area contributed by atoms with Crippen LogP contribution in [0.5, 0.6) is 0 Å². The highest BCUT2D eigenvalue weighted by molar-refractivity contribution is 8.14. The van der Waals surface area contributed by atoms with Crippen molar-refractivity contribution in [3.8, 4) is 0 Å². The first-order valence-electron chi connectivity index (χ1n) is 4.12. The second kappa shape index (κ2) is 2.41. The topological polar surface area (TPSA) is 24.4 Å². The molecule has 0 amide bonds. The molecular weight excluding hydrogens is 156 g/mol. The number of hydrogen-bond acceptors (Lipinski definition) is 3. The molecule has 1 unspecified atom stereocenters. The fourth-order valence-corrected chi connectivity index (χ4v) is 2.07. The lowest BCUT2D eigenvalue weighted by Crippen LogP contribution is -2.24. The van der Waals surface area contributed by atoms with E-state index in [1.165, 1.54) is 11.6 Å². The molecule has 2 aliphatic rings. The van der Waals surface area contributed by atoms with Gasteiger partial charge in [0.05, 0.1) is 6.54 Å². The minimum Gasteiger partial charge on any atom is -0.362 e. The Morgan fingerprint density at radius 2 is 2.36 bits per heavy atom. The fourth-order valence-electron chi connectivity index (χ4n) is 1.29. The summed E-state index contributed by atoms with van der Waals surface area (Å²) >= 11 is 1.85. The van der Waals surface area contributed by atoms with E-state index in [1.807, 2.05) is 11.8 Å². The van der Waals surface area contributed by atoms with Crippen molar-refractivity contribution in [3.05, 3.63) is 0 Å². The largest absolute Gasteiger partial charge is 0.362 e. The van der Waals surface area contributed by atoms with Gasteiger partial charge in [0.15, 0.2) is 5.17 Å². The highest BCUT2D eigenvalue weighted by Crippen LogP contribution is 2.44. The van der Waals surface area contributed by atoms with Crippen molar-refractivity contribution in [3.63, 3.8) is 0 Å². The van der Waals surface area contributed by atoms with Gasteiger partial charge in [-0.3, -0.25) is 4.99 Å². The Labute approximate surface area is 71.9 Å². The number of nitrogens with zero attached hydrogens (tertiary/aromatic N) is 1. The van der Waals surface area contributed by atoms with Crippen LogP contribution >= 0.6 is 11.8 Å². The van der Waals surface area contributed by atoms with Crippen LogP contribution in [0, 0.1) is 5.41 Å². The standard InChI is InChI=1S/C8H14N2S/c1-8(2)5-6(8)10-7-9-3-4-11-7/h6H,3-5H2,1-2H3,(H,9,10). The van der Waals surface area contributed by atoms with Gasteiger partial charge in [-0.05, 0) is 11.8 Å². The number of thioether (sulfide) groups is 1. The molecular formula is C8H14N2S. The second-order valence-corrected chi connectivity index (χ2v) is 5.01. The van der Waals surface area contributed by atoms with Crippen LogP contribution in [-0.2, 0) is 0 Å². The molecule has 2 rings (SSSR count). The van der Waals surface area contributed by atoms with E-state index in [-0.39, 0.29) is 0 Å². The molecule has 1 heterocycles. The van der Waals surface area contributed by atoms with Crippen molar-refractivity contribution in [2.45, 2.75) is 26.3 Å². The van der Waals surface area contributed by atoms with E-state index in [0.717, 1.165) is 12.3 Å². The van der Waals surface area contributed by atoms with Gasteiger partial charge in [0.25, 0.3) is 0 Å². The van der Waals surface area contributed by atoms with Crippen LogP contribution in [0.3, 0.4) is 0 Å². The van der Waals surface area contributed by atoms with Crippen LogP contribution in [0.4, 0.5) is 0 Å². The Kier molecular flexibility index (Phi) is 1.63. The molecule has 1 aliphatic heterocycles. The van der Waals surface area contributed by atoms with Gasteiger partial charge in [-0.2, -0.15) is 0 Å². The van der Waals surface area contributed by atoms with Crippen molar-refractivity contribution in [2.75, 3.05) is 12.3 Å². The molecule has 1 fully saturated rings. The van der Waals surface area contributed by atoms with E-state index in [2.05, 4.69) is 24.2 Å². The molecule has 3 heteroatoms. The summed E-state index contributed by atoms with van der Waals surface area (Å²) in [6.45, 7) is 5.59. The monoisotopic (exact) mass is 170 g/mol. The summed E-state index contributed by atoms with van der Waals surface area (Å²) in [5, 5.41) is 4.62. The van der Waals surface area contributed by atoms with Crippen LogP contribution in [0.25, 0.3) is 0 Å². The van der Waals surface area contributed by atoms with E-state index in [0.29, 0.717) is 11.5 Å². The lowest BCUT2D eigenvalue weighted by molar-refractivity contribution is 0.596. The maximum Gasteiger partial charge on any atom is 0.156 e. The zero-order chi connectivity index (χ0) is 7.90. The molecule has 0 spiro atoms. The number of nitrogens with one attached hydrogen (secondary N) is 1. The molecule has 0 bridgehead atoms. The lowest BCUT2D eigenvalue weighted by atomic mass is 10.2. The average molecular weight is 170 g/mol. The van der Waals surface area contributed by atoms with E-state index < -0.39 is 0 Å². The Hall–Kier alpha value is -0.180. The molecule has 62 valence electrons. The molecule has 2 nitrogen and oxygen atoms in total. The third kappa shape index (κ3) is 1.53. The number of aliphatic imine (C=N–C) groups is 1. The van der Waals surface area contributed by atoms with Gasteiger partial charge in [0.2, 0.25) is 0 Å². The maximum atomic E-state index is 4.35. The first kappa shape index (κ1) is 7.47. The zero-order valence-electron chi connectivity index (χ0n) is 7.05. The Morgan fingerprint density at radius 3 is 2.82 bits per heavy atom. The van der Waals surface area contributed by atoms with Crippen molar-refractivity contribution in [1.29, 1.82) is 0 Å². The summed E-state index contributed by atoms with van der Waals surface area (Å²) in [6.07, 6.45) is 1.30. The lowest BCUT2D eigenvalue weighted by Gasteiger charge is -2.05. The normalized spacial score (nSPS) is 33.3. The number of rotatable bonds is 1.